The van der Waals surface area contributed by atoms with Gasteiger partial charge in [0.25, 0.3) is 5.91 Å². The maximum atomic E-state index is 12.0. The first-order valence-corrected chi connectivity index (χ1v) is 7.98. The van der Waals surface area contributed by atoms with E-state index in [1.807, 2.05) is 6.92 Å². The van der Waals surface area contributed by atoms with Crippen LogP contribution in [0.5, 0.6) is 11.6 Å². The Balaban J connectivity index is 1.59. The van der Waals surface area contributed by atoms with Gasteiger partial charge < -0.3 is 19.2 Å². The molecule has 0 fully saturated rings. The number of carbonyl (C=O) groups is 1. The number of benzene rings is 1. The lowest BCUT2D eigenvalue weighted by Crippen LogP contribution is -2.28. The lowest BCUT2D eigenvalue weighted by molar-refractivity contribution is -0.123. The van der Waals surface area contributed by atoms with Crippen molar-refractivity contribution in [1.29, 1.82) is 0 Å². The molecule has 0 atom stereocenters. The van der Waals surface area contributed by atoms with Crippen LogP contribution in [0.25, 0.3) is 11.0 Å². The average Bonchev–Trinajstić information content (AvgIpc) is 2.64. The van der Waals surface area contributed by atoms with Crippen LogP contribution in [0.15, 0.2) is 51.8 Å². The molecule has 0 aliphatic heterocycles. The highest BCUT2D eigenvalue weighted by Crippen LogP contribution is 2.22. The van der Waals surface area contributed by atoms with Crippen molar-refractivity contribution in [2.75, 3.05) is 13.7 Å². The van der Waals surface area contributed by atoms with Crippen molar-refractivity contribution in [2.45, 2.75) is 13.5 Å². The van der Waals surface area contributed by atoms with E-state index in [4.69, 9.17) is 13.9 Å². The molecule has 1 N–H and O–H groups in total. The van der Waals surface area contributed by atoms with Crippen LogP contribution in [0.4, 0.5) is 0 Å². The molecule has 2 heterocycles. The van der Waals surface area contributed by atoms with Gasteiger partial charge in [0.2, 0.25) is 5.88 Å². The minimum atomic E-state index is -0.419. The number of pyridine rings is 1. The van der Waals surface area contributed by atoms with Crippen molar-refractivity contribution >= 4 is 16.9 Å². The second kappa shape index (κ2) is 7.69. The number of aromatic nitrogens is 1. The molecule has 134 valence electrons. The van der Waals surface area contributed by atoms with Gasteiger partial charge in [0.1, 0.15) is 11.3 Å². The summed E-state index contributed by atoms with van der Waals surface area (Å²) >= 11 is 0. The Hall–Kier alpha value is -3.35. The minimum absolute atomic E-state index is 0.149. The number of hydrogen-bond donors (Lipinski definition) is 1. The van der Waals surface area contributed by atoms with E-state index in [1.54, 1.807) is 36.5 Å². The van der Waals surface area contributed by atoms with Gasteiger partial charge in [-0.2, -0.15) is 0 Å². The molecule has 0 saturated heterocycles. The Morgan fingerprint density at radius 1 is 1.23 bits per heavy atom. The second-order valence-corrected chi connectivity index (χ2v) is 5.68. The number of methoxy groups -OCH3 is 1. The van der Waals surface area contributed by atoms with E-state index in [9.17, 15) is 9.59 Å². The molecular formula is C19H18N2O5. The molecule has 7 nitrogen and oxygen atoms in total. The van der Waals surface area contributed by atoms with Crippen molar-refractivity contribution in [3.05, 3.63) is 64.1 Å². The predicted molar refractivity (Wildman–Crippen MR) is 95.4 cm³/mol. The Morgan fingerprint density at radius 3 is 2.88 bits per heavy atom. The van der Waals surface area contributed by atoms with Gasteiger partial charge in [-0.1, -0.05) is 0 Å². The standard InChI is InChI=1S/C19H18N2O5/c1-12-7-19(23)26-16-9-14(3-4-15(12)16)25-11-17(22)21-10-13-5-6-20-18(8-13)24-2/h3-9H,10-11H2,1-2H3,(H,21,22). The van der Waals surface area contributed by atoms with Gasteiger partial charge in [-0.15, -0.1) is 0 Å². The second-order valence-electron chi connectivity index (χ2n) is 5.68. The molecule has 0 spiro atoms. The molecule has 0 aliphatic rings. The normalized spacial score (nSPS) is 10.5. The first kappa shape index (κ1) is 17.5. The Kier molecular flexibility index (Phi) is 5.17. The van der Waals surface area contributed by atoms with Crippen LogP contribution < -0.4 is 20.4 Å². The van der Waals surface area contributed by atoms with E-state index in [2.05, 4.69) is 10.3 Å². The molecular weight excluding hydrogens is 336 g/mol. The largest absolute Gasteiger partial charge is 0.484 e. The number of fused-ring (bicyclic) bond motifs is 1. The Morgan fingerprint density at radius 2 is 2.08 bits per heavy atom. The van der Waals surface area contributed by atoms with Crippen LogP contribution >= 0.6 is 0 Å². The van der Waals surface area contributed by atoms with E-state index in [-0.39, 0.29) is 12.5 Å². The number of rotatable bonds is 6. The highest BCUT2D eigenvalue weighted by atomic mass is 16.5. The number of nitrogens with zero attached hydrogens (tertiary/aromatic N) is 1. The molecule has 0 bridgehead atoms. The summed E-state index contributed by atoms with van der Waals surface area (Å²) < 4.78 is 15.7. The summed E-state index contributed by atoms with van der Waals surface area (Å²) in [6.45, 7) is 2.03. The van der Waals surface area contributed by atoms with Crippen LogP contribution in [0.2, 0.25) is 0 Å². The predicted octanol–water partition coefficient (Wildman–Crippen LogP) is 2.20. The average molecular weight is 354 g/mol. The molecule has 0 unspecified atom stereocenters. The third-order valence-electron chi connectivity index (χ3n) is 3.79. The maximum Gasteiger partial charge on any atom is 0.336 e. The molecule has 1 aromatic carbocycles. The number of aryl methyl sites for hydroxylation is 1. The highest BCUT2D eigenvalue weighted by molar-refractivity contribution is 5.81. The van der Waals surface area contributed by atoms with E-state index in [0.29, 0.717) is 23.8 Å². The lowest BCUT2D eigenvalue weighted by atomic mass is 10.1. The van der Waals surface area contributed by atoms with Gasteiger partial charge in [-0.05, 0) is 36.2 Å². The summed E-state index contributed by atoms with van der Waals surface area (Å²) in [5.41, 5.74) is 1.70. The van der Waals surface area contributed by atoms with Gasteiger partial charge in [0.05, 0.1) is 7.11 Å². The Bertz CT molecular complexity index is 997. The maximum absolute atomic E-state index is 12.0. The zero-order chi connectivity index (χ0) is 18.5. The minimum Gasteiger partial charge on any atom is -0.484 e. The first-order valence-electron chi connectivity index (χ1n) is 7.98. The summed E-state index contributed by atoms with van der Waals surface area (Å²) in [5.74, 6) is 0.666. The molecule has 7 heteroatoms. The van der Waals surface area contributed by atoms with Gasteiger partial charge >= 0.3 is 5.63 Å². The van der Waals surface area contributed by atoms with E-state index >= 15 is 0 Å². The smallest absolute Gasteiger partial charge is 0.336 e. The van der Waals surface area contributed by atoms with Crippen LogP contribution in [0, 0.1) is 6.92 Å². The number of ether oxygens (including phenoxy) is 2. The monoisotopic (exact) mass is 354 g/mol. The van der Waals surface area contributed by atoms with Crippen molar-refractivity contribution in [3.63, 3.8) is 0 Å². The van der Waals surface area contributed by atoms with E-state index < -0.39 is 5.63 Å². The molecule has 2 aromatic heterocycles. The number of hydrogen-bond acceptors (Lipinski definition) is 6. The SMILES string of the molecule is COc1cc(CNC(=O)COc2ccc3c(C)cc(=O)oc3c2)ccn1. The van der Waals surface area contributed by atoms with Gasteiger partial charge in [0.15, 0.2) is 6.61 Å². The zero-order valence-corrected chi connectivity index (χ0v) is 14.4. The summed E-state index contributed by atoms with van der Waals surface area (Å²) in [6.07, 6.45) is 1.61. The van der Waals surface area contributed by atoms with Crippen molar-refractivity contribution in [3.8, 4) is 11.6 Å². The van der Waals surface area contributed by atoms with Crippen LogP contribution in [-0.2, 0) is 11.3 Å². The molecule has 0 aliphatic carbocycles. The van der Waals surface area contributed by atoms with Gasteiger partial charge in [-0.25, -0.2) is 9.78 Å². The molecule has 3 rings (SSSR count). The zero-order valence-electron chi connectivity index (χ0n) is 14.4. The third-order valence-corrected chi connectivity index (χ3v) is 3.79. The first-order chi connectivity index (χ1) is 12.5. The number of carbonyl (C=O) groups excluding carboxylic acids is 1. The number of amides is 1. The third kappa shape index (κ3) is 4.18. The van der Waals surface area contributed by atoms with Crippen molar-refractivity contribution in [2.24, 2.45) is 0 Å². The Labute approximate surface area is 149 Å². The van der Waals surface area contributed by atoms with E-state index in [0.717, 1.165) is 16.5 Å². The topological polar surface area (TPSA) is 90.7 Å². The van der Waals surface area contributed by atoms with Crippen LogP contribution in [0.1, 0.15) is 11.1 Å². The summed E-state index contributed by atoms with van der Waals surface area (Å²) in [6, 6.07) is 10.1. The fourth-order valence-electron chi connectivity index (χ4n) is 2.47. The molecule has 26 heavy (non-hydrogen) atoms. The fraction of sp³-hybridized carbons (Fsp3) is 0.211. The highest BCUT2D eigenvalue weighted by Gasteiger charge is 2.07. The molecule has 0 radical (unpaired) electrons. The van der Waals surface area contributed by atoms with Crippen molar-refractivity contribution < 1.29 is 18.7 Å². The van der Waals surface area contributed by atoms with Gasteiger partial charge in [-0.3, -0.25) is 4.79 Å². The molecule has 0 saturated carbocycles. The summed E-state index contributed by atoms with van der Waals surface area (Å²) in [5, 5.41) is 3.58. The fourth-order valence-corrected chi connectivity index (χ4v) is 2.47. The summed E-state index contributed by atoms with van der Waals surface area (Å²) in [7, 11) is 1.53. The van der Waals surface area contributed by atoms with Gasteiger partial charge in [0, 0.05) is 36.3 Å². The lowest BCUT2D eigenvalue weighted by Gasteiger charge is -2.09. The van der Waals surface area contributed by atoms with E-state index in [1.165, 1.54) is 13.2 Å². The van der Waals surface area contributed by atoms with Crippen molar-refractivity contribution in [1.82, 2.24) is 10.3 Å². The number of nitrogens with one attached hydrogen (secondary N) is 1. The molecule has 1 amide bonds. The van der Waals surface area contributed by atoms with Crippen LogP contribution in [0.3, 0.4) is 0 Å². The van der Waals surface area contributed by atoms with Crippen LogP contribution in [-0.4, -0.2) is 24.6 Å². The molecule has 3 aromatic rings. The summed E-state index contributed by atoms with van der Waals surface area (Å²) in [4.78, 5) is 27.4. The quantitative estimate of drug-likeness (QED) is 0.683.